The lowest BCUT2D eigenvalue weighted by Gasteiger charge is -2.15. The Bertz CT molecular complexity index is 1100. The number of esters is 1. The molecule has 3 aromatic carbocycles. The molecule has 3 rings (SSSR count). The van der Waals surface area contributed by atoms with Crippen molar-refractivity contribution >= 4 is 17.4 Å². The topological polar surface area (TPSA) is 75.6 Å². The van der Waals surface area contributed by atoms with E-state index in [-0.39, 0.29) is 17.5 Å². The molecule has 166 valence electrons. The molecule has 0 aromatic heterocycles. The number of ketones is 1. The summed E-state index contributed by atoms with van der Waals surface area (Å²) in [7, 11) is 1.38. The number of Topliss-reactive ketones (excluding diaryl/α,β-unsaturated/α-hetero) is 1. The highest BCUT2D eigenvalue weighted by Gasteiger charge is 2.14. The zero-order valence-electron chi connectivity index (χ0n) is 18.8. The van der Waals surface area contributed by atoms with Crippen molar-refractivity contribution in [1.29, 1.82) is 0 Å². The molecule has 0 aliphatic heterocycles. The summed E-state index contributed by atoms with van der Waals surface area (Å²) < 4.78 is 4.79. The number of nitrogens with one attached hydrogen (secondary N) is 1. The van der Waals surface area contributed by atoms with Gasteiger partial charge in [-0.2, -0.15) is 0 Å². The third-order valence-corrected chi connectivity index (χ3v) is 5.42. The lowest BCUT2D eigenvalue weighted by Crippen LogP contribution is -2.05. The van der Waals surface area contributed by atoms with E-state index in [4.69, 9.17) is 4.74 Å². The van der Waals surface area contributed by atoms with Gasteiger partial charge in [0, 0.05) is 17.8 Å². The molecule has 0 amide bonds. The van der Waals surface area contributed by atoms with E-state index in [2.05, 4.69) is 29.6 Å². The second-order valence-corrected chi connectivity index (χ2v) is 7.83. The van der Waals surface area contributed by atoms with Crippen LogP contribution in [0.3, 0.4) is 0 Å². The number of rotatable bonds is 9. The minimum absolute atomic E-state index is 0.0777. The minimum atomic E-state index is -0.335. The molecule has 0 heterocycles. The molecule has 0 saturated heterocycles. The molecule has 5 heteroatoms. The Kier molecular flexibility index (Phi) is 7.66. The van der Waals surface area contributed by atoms with Crippen molar-refractivity contribution in [3.63, 3.8) is 0 Å². The monoisotopic (exact) mass is 431 g/mol. The van der Waals surface area contributed by atoms with Gasteiger partial charge in [-0.1, -0.05) is 49.7 Å². The lowest BCUT2D eigenvalue weighted by molar-refractivity contribution is 0.0600. The van der Waals surface area contributed by atoms with Gasteiger partial charge in [0.2, 0.25) is 0 Å². The van der Waals surface area contributed by atoms with Gasteiger partial charge in [-0.05, 0) is 60.7 Å². The Morgan fingerprint density at radius 1 is 0.969 bits per heavy atom. The van der Waals surface area contributed by atoms with Crippen molar-refractivity contribution in [2.24, 2.45) is 0 Å². The van der Waals surface area contributed by atoms with Gasteiger partial charge >= 0.3 is 5.97 Å². The average Bonchev–Trinajstić information content (AvgIpc) is 2.80. The van der Waals surface area contributed by atoms with Crippen LogP contribution in [0.25, 0.3) is 0 Å². The van der Waals surface area contributed by atoms with Gasteiger partial charge in [0.15, 0.2) is 5.78 Å². The number of anilines is 1. The molecule has 32 heavy (non-hydrogen) atoms. The van der Waals surface area contributed by atoms with Gasteiger partial charge in [0.25, 0.3) is 0 Å². The summed E-state index contributed by atoms with van der Waals surface area (Å²) in [6, 6.07) is 19.3. The summed E-state index contributed by atoms with van der Waals surface area (Å²) in [5.41, 5.74) is 5.83. The maximum Gasteiger partial charge on any atom is 0.337 e. The van der Waals surface area contributed by atoms with Gasteiger partial charge in [0.1, 0.15) is 5.75 Å². The van der Waals surface area contributed by atoms with Crippen LogP contribution in [-0.4, -0.2) is 24.0 Å². The quantitative estimate of drug-likeness (QED) is 0.344. The van der Waals surface area contributed by atoms with Gasteiger partial charge in [-0.25, -0.2) is 4.79 Å². The Labute approximate surface area is 189 Å². The van der Waals surface area contributed by atoms with Crippen LogP contribution in [0.1, 0.15) is 63.2 Å². The summed E-state index contributed by atoms with van der Waals surface area (Å²) in [6.07, 6.45) is 2.29. The van der Waals surface area contributed by atoms with Crippen LogP contribution < -0.4 is 5.32 Å². The van der Waals surface area contributed by atoms with Crippen LogP contribution >= 0.6 is 0 Å². The highest BCUT2D eigenvalue weighted by molar-refractivity contribution is 5.98. The summed E-state index contributed by atoms with van der Waals surface area (Å²) >= 11 is 0. The second kappa shape index (κ2) is 10.6. The number of hydrogen-bond acceptors (Lipinski definition) is 5. The Morgan fingerprint density at radius 2 is 1.69 bits per heavy atom. The number of hydrogen-bond donors (Lipinski definition) is 2. The first kappa shape index (κ1) is 23.1. The molecule has 0 aliphatic carbocycles. The predicted molar refractivity (Wildman–Crippen MR) is 126 cm³/mol. The van der Waals surface area contributed by atoms with Crippen molar-refractivity contribution in [2.45, 2.75) is 39.7 Å². The fraction of sp³-hybridized carbons (Fsp3) is 0.259. The predicted octanol–water partition coefficient (Wildman–Crippen LogP) is 5.54. The Hall–Kier alpha value is -3.60. The molecule has 0 unspecified atom stereocenters. The first-order valence-electron chi connectivity index (χ1n) is 10.8. The van der Waals surface area contributed by atoms with E-state index in [1.54, 1.807) is 12.1 Å². The maximum atomic E-state index is 11.7. The van der Waals surface area contributed by atoms with Gasteiger partial charge < -0.3 is 15.2 Å². The van der Waals surface area contributed by atoms with Crippen molar-refractivity contribution < 1.29 is 19.4 Å². The maximum absolute atomic E-state index is 11.7. The SMILES string of the molecule is CCCc1c(NCc2ccc(Cc3cccc(C(=O)OC)c3)cc2)ccc(C(C)=O)c1O. The third kappa shape index (κ3) is 5.55. The number of phenolic OH excluding ortho intramolecular Hbond substituents is 1. The zero-order valence-corrected chi connectivity index (χ0v) is 18.8. The highest BCUT2D eigenvalue weighted by atomic mass is 16.5. The second-order valence-electron chi connectivity index (χ2n) is 7.83. The smallest absolute Gasteiger partial charge is 0.337 e. The molecular weight excluding hydrogens is 402 g/mol. The number of ether oxygens (including phenoxy) is 1. The molecule has 3 aromatic rings. The largest absolute Gasteiger partial charge is 0.507 e. The third-order valence-electron chi connectivity index (χ3n) is 5.42. The number of carbonyl (C=O) groups is 2. The van der Waals surface area contributed by atoms with E-state index in [0.29, 0.717) is 24.1 Å². The van der Waals surface area contributed by atoms with E-state index in [1.807, 2.05) is 31.2 Å². The van der Waals surface area contributed by atoms with Gasteiger partial charge in [0.05, 0.1) is 18.2 Å². The van der Waals surface area contributed by atoms with E-state index in [9.17, 15) is 14.7 Å². The first-order chi connectivity index (χ1) is 15.4. The number of aromatic hydroxyl groups is 1. The van der Waals surface area contributed by atoms with Crippen LogP contribution in [0.5, 0.6) is 5.75 Å². The molecule has 0 saturated carbocycles. The average molecular weight is 432 g/mol. The van der Waals surface area contributed by atoms with E-state index in [1.165, 1.54) is 14.0 Å². The molecule has 5 nitrogen and oxygen atoms in total. The lowest BCUT2D eigenvalue weighted by atomic mass is 10.00. The van der Waals surface area contributed by atoms with Crippen molar-refractivity contribution in [2.75, 3.05) is 12.4 Å². The van der Waals surface area contributed by atoms with E-state index >= 15 is 0 Å². The molecule has 0 bridgehead atoms. The normalized spacial score (nSPS) is 10.6. The van der Waals surface area contributed by atoms with E-state index < -0.39 is 0 Å². The summed E-state index contributed by atoms with van der Waals surface area (Å²) in [6.45, 7) is 4.11. The van der Waals surface area contributed by atoms with Crippen molar-refractivity contribution in [3.05, 3.63) is 94.0 Å². The molecule has 0 atom stereocenters. The standard InChI is InChI=1S/C27H29NO4/c1-4-6-24-25(14-13-23(18(2)29)26(24)30)28-17-20-11-9-19(10-12-20)15-21-7-5-8-22(16-21)27(31)32-3/h5,7-14,16,28,30H,4,6,15,17H2,1-3H3. The van der Waals surface area contributed by atoms with Crippen molar-refractivity contribution in [1.82, 2.24) is 0 Å². The van der Waals surface area contributed by atoms with Crippen LogP contribution in [0.15, 0.2) is 60.7 Å². The van der Waals surface area contributed by atoms with Crippen LogP contribution in [0.4, 0.5) is 5.69 Å². The Balaban J connectivity index is 1.69. The van der Waals surface area contributed by atoms with Crippen LogP contribution in [0.2, 0.25) is 0 Å². The fourth-order valence-corrected chi connectivity index (χ4v) is 3.72. The van der Waals surface area contributed by atoms with Crippen molar-refractivity contribution in [3.8, 4) is 5.75 Å². The number of phenols is 1. The van der Waals surface area contributed by atoms with Crippen LogP contribution in [-0.2, 0) is 24.1 Å². The number of carbonyl (C=O) groups excluding carboxylic acids is 2. The minimum Gasteiger partial charge on any atom is -0.507 e. The Morgan fingerprint density at radius 3 is 2.34 bits per heavy atom. The zero-order chi connectivity index (χ0) is 23.1. The summed E-state index contributed by atoms with van der Waals surface area (Å²) in [5, 5.41) is 13.9. The molecule has 0 spiro atoms. The molecular formula is C27H29NO4. The molecule has 0 aliphatic rings. The van der Waals surface area contributed by atoms with Gasteiger partial charge in [-0.15, -0.1) is 0 Å². The molecule has 0 radical (unpaired) electrons. The van der Waals surface area contributed by atoms with Crippen LogP contribution in [0, 0.1) is 0 Å². The molecule has 0 fully saturated rings. The van der Waals surface area contributed by atoms with E-state index in [0.717, 1.165) is 40.8 Å². The number of methoxy groups -OCH3 is 1. The number of benzene rings is 3. The summed E-state index contributed by atoms with van der Waals surface area (Å²) in [4.78, 5) is 23.5. The molecule has 2 N–H and O–H groups in total. The van der Waals surface area contributed by atoms with Gasteiger partial charge in [-0.3, -0.25) is 4.79 Å². The fourth-order valence-electron chi connectivity index (χ4n) is 3.72. The first-order valence-corrected chi connectivity index (χ1v) is 10.8. The summed E-state index contributed by atoms with van der Waals surface area (Å²) in [5.74, 6) is -0.397. The highest BCUT2D eigenvalue weighted by Crippen LogP contribution is 2.31.